The fraction of sp³-hybridized carbons (Fsp3) is 0.333. The highest BCUT2D eigenvalue weighted by Crippen LogP contribution is 2.34. The summed E-state index contributed by atoms with van der Waals surface area (Å²) in [6.45, 7) is 2.84. The van der Waals surface area contributed by atoms with Crippen molar-refractivity contribution in [2.24, 2.45) is 0 Å². The third-order valence-corrected chi connectivity index (χ3v) is 3.91. The number of nitrogens with one attached hydrogen (secondary N) is 1. The molecule has 1 saturated heterocycles. The standard InChI is InChI=1S/C15H17N3O2/c1-11-4-2-3-5-12(11)15(20)6-7-18(9-15)14(19)13-8-16-10-17-13/h2-5,8,10,20H,6-7,9H2,1H3,(H,16,17)/t15-/m0/s1. The van der Waals surface area contributed by atoms with E-state index in [9.17, 15) is 9.90 Å². The SMILES string of the molecule is Cc1ccccc1[C@]1(O)CCN(C(=O)c2cnc[nH]2)C1. The quantitative estimate of drug-likeness (QED) is 0.868. The third-order valence-electron chi connectivity index (χ3n) is 3.91. The maximum atomic E-state index is 12.3. The molecule has 1 fully saturated rings. The maximum Gasteiger partial charge on any atom is 0.272 e. The van der Waals surface area contributed by atoms with Crippen molar-refractivity contribution in [3.63, 3.8) is 0 Å². The van der Waals surface area contributed by atoms with Crippen LogP contribution in [0.2, 0.25) is 0 Å². The van der Waals surface area contributed by atoms with Gasteiger partial charge in [-0.3, -0.25) is 4.79 Å². The average molecular weight is 271 g/mol. The summed E-state index contributed by atoms with van der Waals surface area (Å²) < 4.78 is 0. The topological polar surface area (TPSA) is 69.2 Å². The van der Waals surface area contributed by atoms with E-state index in [1.807, 2.05) is 31.2 Å². The van der Waals surface area contributed by atoms with Crippen LogP contribution >= 0.6 is 0 Å². The number of β-amino-alcohol motifs (C(OH)–C–C–N with tert-alkyl or cyclic N) is 1. The van der Waals surface area contributed by atoms with Crippen LogP contribution in [-0.4, -0.2) is 39.0 Å². The molecule has 5 nitrogen and oxygen atoms in total. The van der Waals surface area contributed by atoms with Crippen LogP contribution in [0, 0.1) is 6.92 Å². The van der Waals surface area contributed by atoms with E-state index in [1.54, 1.807) is 4.90 Å². The number of aromatic amines is 1. The lowest BCUT2D eigenvalue weighted by atomic mass is 9.89. The Hall–Kier alpha value is -2.14. The van der Waals surface area contributed by atoms with E-state index >= 15 is 0 Å². The molecule has 1 atom stereocenters. The monoisotopic (exact) mass is 271 g/mol. The summed E-state index contributed by atoms with van der Waals surface area (Å²) in [5, 5.41) is 10.8. The van der Waals surface area contributed by atoms with Crippen molar-refractivity contribution in [3.05, 3.63) is 53.6 Å². The van der Waals surface area contributed by atoms with Crippen molar-refractivity contribution in [1.82, 2.24) is 14.9 Å². The van der Waals surface area contributed by atoms with Crippen LogP contribution in [0.15, 0.2) is 36.8 Å². The minimum atomic E-state index is -0.957. The van der Waals surface area contributed by atoms with Crippen LogP contribution in [0.4, 0.5) is 0 Å². The van der Waals surface area contributed by atoms with E-state index in [1.165, 1.54) is 12.5 Å². The first-order valence-corrected chi connectivity index (χ1v) is 6.66. The fourth-order valence-electron chi connectivity index (χ4n) is 2.83. The minimum absolute atomic E-state index is 0.119. The van der Waals surface area contributed by atoms with Crippen LogP contribution in [0.25, 0.3) is 0 Å². The van der Waals surface area contributed by atoms with E-state index in [0.717, 1.165) is 11.1 Å². The molecule has 1 aromatic heterocycles. The number of nitrogens with zero attached hydrogens (tertiary/aromatic N) is 2. The molecule has 0 unspecified atom stereocenters. The summed E-state index contributed by atoms with van der Waals surface area (Å²) in [6, 6.07) is 7.77. The minimum Gasteiger partial charge on any atom is -0.383 e. The number of aryl methyl sites for hydroxylation is 1. The third kappa shape index (κ3) is 2.10. The van der Waals surface area contributed by atoms with E-state index in [4.69, 9.17) is 0 Å². The van der Waals surface area contributed by atoms with Gasteiger partial charge in [0.05, 0.1) is 19.1 Å². The van der Waals surface area contributed by atoms with Gasteiger partial charge in [-0.05, 0) is 24.5 Å². The van der Waals surface area contributed by atoms with Crippen molar-refractivity contribution in [2.75, 3.05) is 13.1 Å². The van der Waals surface area contributed by atoms with Crippen LogP contribution < -0.4 is 0 Å². The van der Waals surface area contributed by atoms with Crippen molar-refractivity contribution in [3.8, 4) is 0 Å². The van der Waals surface area contributed by atoms with Gasteiger partial charge in [0, 0.05) is 6.54 Å². The number of rotatable bonds is 2. The van der Waals surface area contributed by atoms with Crippen molar-refractivity contribution >= 4 is 5.91 Å². The number of amides is 1. The molecule has 1 amide bonds. The van der Waals surface area contributed by atoms with E-state index in [-0.39, 0.29) is 5.91 Å². The normalized spacial score (nSPS) is 22.2. The number of H-pyrrole nitrogens is 1. The Balaban J connectivity index is 1.83. The molecular formula is C15H17N3O2. The molecule has 1 aromatic carbocycles. The van der Waals surface area contributed by atoms with Gasteiger partial charge in [-0.25, -0.2) is 4.98 Å². The zero-order valence-electron chi connectivity index (χ0n) is 11.3. The van der Waals surface area contributed by atoms with Gasteiger partial charge < -0.3 is 15.0 Å². The smallest absolute Gasteiger partial charge is 0.272 e. The van der Waals surface area contributed by atoms with Crippen molar-refractivity contribution < 1.29 is 9.90 Å². The highest BCUT2D eigenvalue weighted by atomic mass is 16.3. The van der Waals surface area contributed by atoms with Crippen molar-refractivity contribution in [2.45, 2.75) is 18.9 Å². The predicted octanol–water partition coefficient (Wildman–Crippen LogP) is 1.45. The van der Waals surface area contributed by atoms with Gasteiger partial charge in [-0.1, -0.05) is 24.3 Å². The highest BCUT2D eigenvalue weighted by molar-refractivity contribution is 5.92. The number of likely N-dealkylation sites (tertiary alicyclic amines) is 1. The molecule has 5 heteroatoms. The zero-order chi connectivity index (χ0) is 14.2. The lowest BCUT2D eigenvalue weighted by Gasteiger charge is -2.25. The Bertz CT molecular complexity index is 624. The molecule has 2 aromatic rings. The first-order chi connectivity index (χ1) is 9.60. The first kappa shape index (κ1) is 12.9. The Morgan fingerprint density at radius 2 is 2.25 bits per heavy atom. The van der Waals surface area contributed by atoms with E-state index in [2.05, 4.69) is 9.97 Å². The molecule has 0 saturated carbocycles. The van der Waals surface area contributed by atoms with Gasteiger partial charge in [0.15, 0.2) is 0 Å². The van der Waals surface area contributed by atoms with Gasteiger partial charge in [0.1, 0.15) is 11.3 Å². The second-order valence-corrected chi connectivity index (χ2v) is 5.29. The van der Waals surface area contributed by atoms with E-state index < -0.39 is 5.60 Å². The molecule has 2 N–H and O–H groups in total. The van der Waals surface area contributed by atoms with Crippen LogP contribution in [-0.2, 0) is 5.60 Å². The lowest BCUT2D eigenvalue weighted by Crippen LogP contribution is -2.35. The Morgan fingerprint density at radius 1 is 1.45 bits per heavy atom. The van der Waals surface area contributed by atoms with Gasteiger partial charge in [0.25, 0.3) is 5.91 Å². The second kappa shape index (κ2) is 4.76. The van der Waals surface area contributed by atoms with Gasteiger partial charge in [-0.2, -0.15) is 0 Å². The summed E-state index contributed by atoms with van der Waals surface area (Å²) in [5.74, 6) is -0.119. The predicted molar refractivity (Wildman–Crippen MR) is 74.2 cm³/mol. The molecule has 1 aliphatic rings. The van der Waals surface area contributed by atoms with Gasteiger partial charge >= 0.3 is 0 Å². The second-order valence-electron chi connectivity index (χ2n) is 5.29. The number of aromatic nitrogens is 2. The van der Waals surface area contributed by atoms with Crippen LogP contribution in [0.5, 0.6) is 0 Å². The first-order valence-electron chi connectivity index (χ1n) is 6.66. The van der Waals surface area contributed by atoms with E-state index in [0.29, 0.717) is 25.2 Å². The molecule has 0 aliphatic carbocycles. The Labute approximate surface area is 117 Å². The summed E-state index contributed by atoms with van der Waals surface area (Å²) in [7, 11) is 0. The average Bonchev–Trinajstić information content (AvgIpc) is 3.08. The molecule has 0 bridgehead atoms. The lowest BCUT2D eigenvalue weighted by molar-refractivity contribution is 0.0411. The summed E-state index contributed by atoms with van der Waals surface area (Å²) in [5.41, 5.74) is 1.45. The number of imidazole rings is 1. The molecule has 20 heavy (non-hydrogen) atoms. The summed E-state index contributed by atoms with van der Waals surface area (Å²) in [4.78, 5) is 20.6. The molecule has 2 heterocycles. The number of aliphatic hydroxyl groups is 1. The largest absolute Gasteiger partial charge is 0.383 e. The summed E-state index contributed by atoms with van der Waals surface area (Å²) in [6.07, 6.45) is 3.54. The van der Waals surface area contributed by atoms with Gasteiger partial charge in [-0.15, -0.1) is 0 Å². The van der Waals surface area contributed by atoms with Gasteiger partial charge in [0.2, 0.25) is 0 Å². The number of hydrogen-bond donors (Lipinski definition) is 2. The van der Waals surface area contributed by atoms with Crippen molar-refractivity contribution in [1.29, 1.82) is 0 Å². The number of hydrogen-bond acceptors (Lipinski definition) is 3. The molecule has 104 valence electrons. The maximum absolute atomic E-state index is 12.3. The molecule has 1 aliphatic heterocycles. The Kier molecular flexibility index (Phi) is 3.06. The molecule has 0 radical (unpaired) electrons. The van der Waals surface area contributed by atoms with Crippen LogP contribution in [0.1, 0.15) is 28.0 Å². The molecule has 0 spiro atoms. The summed E-state index contributed by atoms with van der Waals surface area (Å²) >= 11 is 0. The zero-order valence-corrected chi connectivity index (χ0v) is 11.3. The number of carbonyl (C=O) groups excluding carboxylic acids is 1. The number of benzene rings is 1. The fourth-order valence-corrected chi connectivity index (χ4v) is 2.83. The highest BCUT2D eigenvalue weighted by Gasteiger charge is 2.40. The number of carbonyl (C=O) groups is 1. The Morgan fingerprint density at radius 3 is 2.95 bits per heavy atom. The molecular weight excluding hydrogens is 254 g/mol. The van der Waals surface area contributed by atoms with Crippen LogP contribution in [0.3, 0.4) is 0 Å². The molecule has 3 rings (SSSR count).